The molecule has 0 aromatic heterocycles. The number of benzene rings is 2. The maximum absolute atomic E-state index is 12.8. The van der Waals surface area contributed by atoms with Gasteiger partial charge in [0.1, 0.15) is 16.5 Å². The second-order valence-corrected chi connectivity index (χ2v) is 6.90. The molecule has 0 atom stereocenters. The lowest BCUT2D eigenvalue weighted by molar-refractivity contribution is -0.120. The maximum Gasteiger partial charge on any atom is 0.338 e. The van der Waals surface area contributed by atoms with Crippen LogP contribution in [0.1, 0.15) is 30.1 Å². The molecule has 2 aromatic carbocycles. The van der Waals surface area contributed by atoms with Crippen molar-refractivity contribution in [3.63, 3.8) is 0 Å². The van der Waals surface area contributed by atoms with Crippen molar-refractivity contribution in [3.05, 3.63) is 64.8 Å². The van der Waals surface area contributed by atoms with Gasteiger partial charge in [-0.15, -0.1) is 0 Å². The predicted molar refractivity (Wildman–Crippen MR) is 114 cm³/mol. The number of rotatable bonds is 8. The molecule has 0 unspecified atom stereocenters. The van der Waals surface area contributed by atoms with Crippen molar-refractivity contribution in [2.75, 3.05) is 23.9 Å². The zero-order valence-corrected chi connectivity index (χ0v) is 17.4. The Morgan fingerprint density at radius 3 is 2.30 bits per heavy atom. The van der Waals surface area contributed by atoms with Gasteiger partial charge >= 0.3 is 5.97 Å². The topological polar surface area (TPSA) is 84.9 Å². The van der Waals surface area contributed by atoms with Crippen LogP contribution in [-0.4, -0.2) is 31.5 Å². The van der Waals surface area contributed by atoms with Crippen LogP contribution in [0, 0.1) is 0 Å². The minimum absolute atomic E-state index is 0.0317. The molecule has 0 spiro atoms. The zero-order valence-electron chi connectivity index (χ0n) is 16.6. The van der Waals surface area contributed by atoms with Crippen molar-refractivity contribution >= 4 is 40.8 Å². The Labute approximate surface area is 179 Å². The molecule has 3 rings (SSSR count). The van der Waals surface area contributed by atoms with Gasteiger partial charge < -0.3 is 14.8 Å². The fraction of sp³-hybridized carbons (Fsp3) is 0.227. The van der Waals surface area contributed by atoms with Gasteiger partial charge in [-0.05, 0) is 55.0 Å². The Morgan fingerprint density at radius 1 is 1.03 bits per heavy atom. The number of imide groups is 1. The van der Waals surface area contributed by atoms with Crippen LogP contribution in [0.2, 0.25) is 0 Å². The molecule has 0 fully saturated rings. The molecule has 30 heavy (non-hydrogen) atoms. The van der Waals surface area contributed by atoms with Crippen LogP contribution in [0.25, 0.3) is 0 Å². The van der Waals surface area contributed by atoms with E-state index in [0.717, 1.165) is 17.7 Å². The van der Waals surface area contributed by atoms with Crippen molar-refractivity contribution < 1.29 is 23.9 Å². The highest BCUT2D eigenvalue weighted by molar-refractivity contribution is 6.53. The number of anilines is 2. The van der Waals surface area contributed by atoms with Gasteiger partial charge in [-0.3, -0.25) is 9.59 Å². The van der Waals surface area contributed by atoms with Crippen molar-refractivity contribution in [2.24, 2.45) is 0 Å². The van der Waals surface area contributed by atoms with E-state index >= 15 is 0 Å². The first-order valence-corrected chi connectivity index (χ1v) is 9.81. The second kappa shape index (κ2) is 9.45. The Bertz CT molecular complexity index is 984. The Hall–Kier alpha value is -3.32. The summed E-state index contributed by atoms with van der Waals surface area (Å²) in [4.78, 5) is 38.3. The van der Waals surface area contributed by atoms with Gasteiger partial charge in [-0.25, -0.2) is 9.69 Å². The fourth-order valence-corrected chi connectivity index (χ4v) is 3.02. The van der Waals surface area contributed by atoms with Gasteiger partial charge in [0.05, 0.1) is 25.0 Å². The van der Waals surface area contributed by atoms with Gasteiger partial charge in [0.25, 0.3) is 11.8 Å². The standard InChI is InChI=1S/C22H21ClN2O5/c1-3-4-13-30-22(28)14-5-7-15(8-6-14)24-19-18(23)20(26)25(21(19)27)16-9-11-17(29-2)12-10-16/h5-12,24H,3-4,13H2,1-2H3. The molecule has 0 radical (unpaired) electrons. The van der Waals surface area contributed by atoms with E-state index in [1.807, 2.05) is 6.92 Å². The summed E-state index contributed by atoms with van der Waals surface area (Å²) < 4.78 is 10.3. The second-order valence-electron chi connectivity index (χ2n) is 6.52. The number of nitrogens with one attached hydrogen (secondary N) is 1. The average Bonchev–Trinajstić information content (AvgIpc) is 2.97. The number of amides is 2. The van der Waals surface area contributed by atoms with Gasteiger partial charge in [0, 0.05) is 5.69 Å². The van der Waals surface area contributed by atoms with Crippen molar-refractivity contribution in [1.82, 2.24) is 0 Å². The van der Waals surface area contributed by atoms with E-state index in [0.29, 0.717) is 29.3 Å². The molecule has 0 aliphatic carbocycles. The monoisotopic (exact) mass is 428 g/mol. The highest BCUT2D eigenvalue weighted by atomic mass is 35.5. The minimum Gasteiger partial charge on any atom is -0.497 e. The van der Waals surface area contributed by atoms with Crippen molar-refractivity contribution in [2.45, 2.75) is 19.8 Å². The molecular formula is C22H21ClN2O5. The predicted octanol–water partition coefficient (Wildman–Crippen LogP) is 4.09. The smallest absolute Gasteiger partial charge is 0.338 e. The first kappa shape index (κ1) is 21.4. The van der Waals surface area contributed by atoms with Crippen LogP contribution in [0.4, 0.5) is 11.4 Å². The summed E-state index contributed by atoms with van der Waals surface area (Å²) >= 11 is 6.14. The summed E-state index contributed by atoms with van der Waals surface area (Å²) in [5, 5.41) is 2.66. The molecule has 1 aliphatic rings. The molecule has 7 nitrogen and oxygen atoms in total. The zero-order chi connectivity index (χ0) is 21.7. The number of unbranched alkanes of at least 4 members (excludes halogenated alkanes) is 1. The van der Waals surface area contributed by atoms with Crippen LogP contribution in [-0.2, 0) is 14.3 Å². The van der Waals surface area contributed by atoms with Crippen LogP contribution in [0.3, 0.4) is 0 Å². The van der Waals surface area contributed by atoms with E-state index < -0.39 is 17.8 Å². The van der Waals surface area contributed by atoms with E-state index in [2.05, 4.69) is 5.32 Å². The third kappa shape index (κ3) is 4.46. The van der Waals surface area contributed by atoms with Gasteiger partial charge in [0.15, 0.2) is 0 Å². The van der Waals surface area contributed by atoms with Crippen LogP contribution >= 0.6 is 11.6 Å². The largest absolute Gasteiger partial charge is 0.497 e. The minimum atomic E-state index is -0.620. The highest BCUT2D eigenvalue weighted by Crippen LogP contribution is 2.31. The van der Waals surface area contributed by atoms with Crippen molar-refractivity contribution in [3.8, 4) is 5.75 Å². The molecule has 1 N–H and O–H groups in total. The SMILES string of the molecule is CCCCOC(=O)c1ccc(NC2=C(Cl)C(=O)N(c3ccc(OC)cc3)C2=O)cc1. The third-order valence-electron chi connectivity index (χ3n) is 4.48. The van der Waals surface area contributed by atoms with Gasteiger partial charge in [-0.2, -0.15) is 0 Å². The quantitative estimate of drug-likeness (QED) is 0.387. The summed E-state index contributed by atoms with van der Waals surface area (Å²) in [7, 11) is 1.53. The fourth-order valence-electron chi connectivity index (χ4n) is 2.80. The summed E-state index contributed by atoms with van der Waals surface area (Å²) in [6.07, 6.45) is 1.74. The number of ether oxygens (including phenoxy) is 2. The first-order valence-electron chi connectivity index (χ1n) is 9.43. The number of methoxy groups -OCH3 is 1. The normalized spacial score (nSPS) is 13.6. The summed E-state index contributed by atoms with van der Waals surface area (Å²) in [5.41, 5.74) is 1.25. The number of hydrogen-bond acceptors (Lipinski definition) is 6. The average molecular weight is 429 g/mol. The lowest BCUT2D eigenvalue weighted by Gasteiger charge is -2.15. The lowest BCUT2D eigenvalue weighted by atomic mass is 10.2. The lowest BCUT2D eigenvalue weighted by Crippen LogP contribution is -2.32. The van der Waals surface area contributed by atoms with Crippen LogP contribution in [0.5, 0.6) is 5.75 Å². The van der Waals surface area contributed by atoms with Gasteiger partial charge in [0.2, 0.25) is 0 Å². The summed E-state index contributed by atoms with van der Waals surface area (Å²) in [5.74, 6) is -1.00. The van der Waals surface area contributed by atoms with E-state index in [9.17, 15) is 14.4 Å². The van der Waals surface area contributed by atoms with Gasteiger partial charge in [-0.1, -0.05) is 24.9 Å². The Morgan fingerprint density at radius 2 is 1.70 bits per heavy atom. The number of hydrogen-bond donors (Lipinski definition) is 1. The molecule has 2 aromatic rings. The number of esters is 1. The van der Waals surface area contributed by atoms with E-state index in [4.69, 9.17) is 21.1 Å². The maximum atomic E-state index is 12.8. The molecular weight excluding hydrogens is 408 g/mol. The first-order chi connectivity index (χ1) is 14.5. The third-order valence-corrected chi connectivity index (χ3v) is 4.83. The van der Waals surface area contributed by atoms with E-state index in [-0.39, 0.29) is 10.7 Å². The van der Waals surface area contributed by atoms with E-state index in [1.54, 1.807) is 48.5 Å². The molecule has 0 saturated carbocycles. The molecule has 156 valence electrons. The van der Waals surface area contributed by atoms with E-state index in [1.165, 1.54) is 7.11 Å². The van der Waals surface area contributed by atoms with Crippen molar-refractivity contribution in [1.29, 1.82) is 0 Å². The summed E-state index contributed by atoms with van der Waals surface area (Å²) in [6.45, 7) is 2.38. The molecule has 1 heterocycles. The Kier molecular flexibility index (Phi) is 6.74. The summed E-state index contributed by atoms with van der Waals surface area (Å²) in [6, 6.07) is 12.9. The number of nitrogens with zero attached hydrogens (tertiary/aromatic N) is 1. The molecule has 8 heteroatoms. The highest BCUT2D eigenvalue weighted by Gasteiger charge is 2.38. The van der Waals surface area contributed by atoms with Crippen LogP contribution in [0.15, 0.2) is 59.3 Å². The number of carbonyl (C=O) groups excluding carboxylic acids is 3. The molecule has 1 aliphatic heterocycles. The number of carbonyl (C=O) groups is 3. The van der Waals surface area contributed by atoms with Crippen LogP contribution < -0.4 is 15.0 Å². The molecule has 0 saturated heterocycles. The molecule has 2 amide bonds. The molecule has 0 bridgehead atoms. The Balaban J connectivity index is 1.72. The number of halogens is 1.